The highest BCUT2D eigenvalue weighted by molar-refractivity contribution is 8.00. The van der Waals surface area contributed by atoms with Crippen molar-refractivity contribution < 1.29 is 9.53 Å². The van der Waals surface area contributed by atoms with Crippen LogP contribution < -0.4 is 10.1 Å². The molecular formula is C26H29N3O2S. The summed E-state index contributed by atoms with van der Waals surface area (Å²) in [7, 11) is 0. The lowest BCUT2D eigenvalue weighted by Gasteiger charge is -2.31. The van der Waals surface area contributed by atoms with Gasteiger partial charge in [-0.15, -0.1) is 11.8 Å². The van der Waals surface area contributed by atoms with E-state index < -0.39 is 0 Å². The van der Waals surface area contributed by atoms with E-state index in [4.69, 9.17) is 9.72 Å². The number of fused-ring (bicyclic) bond motifs is 2. The van der Waals surface area contributed by atoms with E-state index in [0.717, 1.165) is 66.8 Å². The molecule has 0 radical (unpaired) electrons. The second-order valence-corrected chi connectivity index (χ2v) is 9.70. The van der Waals surface area contributed by atoms with Gasteiger partial charge in [-0.2, -0.15) is 0 Å². The third-order valence-electron chi connectivity index (χ3n) is 6.33. The number of amides is 1. The van der Waals surface area contributed by atoms with E-state index >= 15 is 0 Å². The Hall–Kier alpha value is -2.57. The fourth-order valence-electron chi connectivity index (χ4n) is 4.55. The summed E-state index contributed by atoms with van der Waals surface area (Å²) in [6, 6.07) is 18.7. The van der Waals surface area contributed by atoms with Gasteiger partial charge in [0.15, 0.2) is 0 Å². The number of carbonyl (C=O) groups is 1. The number of hydrogen-bond donors (Lipinski definition) is 1. The minimum atomic E-state index is 0.0634. The zero-order valence-electron chi connectivity index (χ0n) is 18.3. The second kappa shape index (κ2) is 9.92. The number of likely N-dealkylation sites (tertiary alicyclic amines) is 1. The molecule has 3 heterocycles. The van der Waals surface area contributed by atoms with Crippen LogP contribution in [-0.4, -0.2) is 47.8 Å². The van der Waals surface area contributed by atoms with Crippen LogP contribution in [0.15, 0.2) is 59.5 Å². The van der Waals surface area contributed by atoms with Gasteiger partial charge in [-0.25, -0.2) is 0 Å². The summed E-state index contributed by atoms with van der Waals surface area (Å²) >= 11 is 1.57. The lowest BCUT2D eigenvalue weighted by molar-refractivity contribution is -0.113. The summed E-state index contributed by atoms with van der Waals surface area (Å²) in [5.41, 5.74) is 3.21. The van der Waals surface area contributed by atoms with E-state index in [1.807, 2.05) is 18.2 Å². The average molecular weight is 448 g/mol. The van der Waals surface area contributed by atoms with Crippen LogP contribution in [0.5, 0.6) is 5.75 Å². The van der Waals surface area contributed by atoms with E-state index in [1.54, 1.807) is 11.8 Å². The number of thioether (sulfide) groups is 1. The van der Waals surface area contributed by atoms with Crippen LogP contribution >= 0.6 is 11.8 Å². The smallest absolute Gasteiger partial charge is 0.234 e. The molecule has 1 amide bonds. The summed E-state index contributed by atoms with van der Waals surface area (Å²) in [6.45, 7) is 4.12. The van der Waals surface area contributed by atoms with Crippen LogP contribution in [0.2, 0.25) is 0 Å². The van der Waals surface area contributed by atoms with Gasteiger partial charge in [0, 0.05) is 22.5 Å². The van der Waals surface area contributed by atoms with Crippen LogP contribution in [0, 0.1) is 5.92 Å². The number of hydrogen-bond acceptors (Lipinski definition) is 5. The van der Waals surface area contributed by atoms with Crippen molar-refractivity contribution in [3.8, 4) is 5.75 Å². The summed E-state index contributed by atoms with van der Waals surface area (Å²) in [5.74, 6) is 2.15. The number of para-hydroxylation sites is 1. The van der Waals surface area contributed by atoms with E-state index in [9.17, 15) is 4.79 Å². The quantitative estimate of drug-likeness (QED) is 0.517. The zero-order chi connectivity index (χ0) is 21.8. The van der Waals surface area contributed by atoms with Gasteiger partial charge < -0.3 is 15.0 Å². The van der Waals surface area contributed by atoms with Crippen molar-refractivity contribution in [2.24, 2.45) is 5.92 Å². The van der Waals surface area contributed by atoms with E-state index in [1.165, 1.54) is 23.9 Å². The van der Waals surface area contributed by atoms with Gasteiger partial charge in [0.1, 0.15) is 5.75 Å². The molecule has 166 valence electrons. The van der Waals surface area contributed by atoms with Crippen LogP contribution in [0.1, 0.15) is 25.0 Å². The van der Waals surface area contributed by atoms with Gasteiger partial charge in [-0.1, -0.05) is 24.3 Å². The lowest BCUT2D eigenvalue weighted by atomic mass is 9.91. The predicted molar refractivity (Wildman–Crippen MR) is 131 cm³/mol. The standard InChI is InChI=1S/C26H29N3O2S/c30-26-18-32-25-17-22(8-9-24(25)28-26)31-15-3-12-29-13-10-19(11-14-29)16-21-7-6-20-4-1-2-5-23(20)27-21/h1-2,4-9,17,19H,3,10-16,18H2,(H,28,30). The highest BCUT2D eigenvalue weighted by atomic mass is 32.2. The first-order valence-electron chi connectivity index (χ1n) is 11.5. The molecule has 0 atom stereocenters. The third kappa shape index (κ3) is 5.25. The number of nitrogens with one attached hydrogen (secondary N) is 1. The number of nitrogens with zero attached hydrogens (tertiary/aromatic N) is 2. The Balaban J connectivity index is 1.03. The molecule has 0 aliphatic carbocycles. The van der Waals surface area contributed by atoms with Gasteiger partial charge in [0.25, 0.3) is 0 Å². The molecule has 5 nitrogen and oxygen atoms in total. The number of anilines is 1. The third-order valence-corrected chi connectivity index (χ3v) is 7.39. The van der Waals surface area contributed by atoms with E-state index in [-0.39, 0.29) is 5.91 Å². The number of pyridine rings is 1. The largest absolute Gasteiger partial charge is 0.494 e. The number of rotatable bonds is 7. The highest BCUT2D eigenvalue weighted by Gasteiger charge is 2.20. The molecule has 1 saturated heterocycles. The first kappa shape index (κ1) is 21.3. The first-order chi connectivity index (χ1) is 15.7. The molecule has 32 heavy (non-hydrogen) atoms. The molecule has 3 aromatic rings. The number of piperidine rings is 1. The van der Waals surface area contributed by atoms with Crippen molar-refractivity contribution in [1.82, 2.24) is 9.88 Å². The summed E-state index contributed by atoms with van der Waals surface area (Å²) in [5, 5.41) is 4.11. The maximum absolute atomic E-state index is 11.5. The van der Waals surface area contributed by atoms with Gasteiger partial charge in [-0.3, -0.25) is 9.78 Å². The van der Waals surface area contributed by atoms with Crippen LogP contribution in [0.4, 0.5) is 5.69 Å². The van der Waals surface area contributed by atoms with Crippen molar-refractivity contribution in [1.29, 1.82) is 0 Å². The minimum Gasteiger partial charge on any atom is -0.494 e. The molecule has 5 rings (SSSR count). The molecule has 0 unspecified atom stereocenters. The normalized spacial score (nSPS) is 17.2. The fraction of sp³-hybridized carbons (Fsp3) is 0.385. The topological polar surface area (TPSA) is 54.5 Å². The Morgan fingerprint density at radius 2 is 1.97 bits per heavy atom. The molecule has 6 heteroatoms. The number of ether oxygens (including phenoxy) is 1. The summed E-state index contributed by atoms with van der Waals surface area (Å²) < 4.78 is 5.96. The summed E-state index contributed by atoms with van der Waals surface area (Å²) in [4.78, 5) is 20.0. The van der Waals surface area contributed by atoms with Crippen molar-refractivity contribution in [2.45, 2.75) is 30.6 Å². The Morgan fingerprint density at radius 1 is 1.09 bits per heavy atom. The van der Waals surface area contributed by atoms with Gasteiger partial charge in [-0.05, 0) is 75.0 Å². The molecular weight excluding hydrogens is 418 g/mol. The maximum atomic E-state index is 11.5. The molecule has 0 saturated carbocycles. The van der Waals surface area contributed by atoms with E-state index in [0.29, 0.717) is 5.75 Å². The minimum absolute atomic E-state index is 0.0634. The van der Waals surface area contributed by atoms with Crippen molar-refractivity contribution in [2.75, 3.05) is 37.3 Å². The van der Waals surface area contributed by atoms with Crippen LogP contribution in [0.3, 0.4) is 0 Å². The SMILES string of the molecule is O=C1CSc2cc(OCCCN3CCC(Cc4ccc5ccccc5n4)CC3)ccc2N1. The average Bonchev–Trinajstić information content (AvgIpc) is 2.83. The highest BCUT2D eigenvalue weighted by Crippen LogP contribution is 2.34. The molecule has 1 N–H and O–H groups in total. The number of aromatic nitrogens is 1. The van der Waals surface area contributed by atoms with Crippen LogP contribution in [-0.2, 0) is 11.2 Å². The predicted octanol–water partition coefficient (Wildman–Crippen LogP) is 5.00. The first-order valence-corrected chi connectivity index (χ1v) is 12.5. The second-order valence-electron chi connectivity index (χ2n) is 8.68. The van der Waals surface area contributed by atoms with Crippen molar-refractivity contribution >= 4 is 34.3 Å². The monoisotopic (exact) mass is 447 g/mol. The van der Waals surface area contributed by atoms with Gasteiger partial charge >= 0.3 is 0 Å². The summed E-state index contributed by atoms with van der Waals surface area (Å²) in [6.07, 6.45) is 4.59. The lowest BCUT2D eigenvalue weighted by Crippen LogP contribution is -2.35. The Bertz CT molecular complexity index is 1100. The Morgan fingerprint density at radius 3 is 2.88 bits per heavy atom. The van der Waals surface area contributed by atoms with Gasteiger partial charge in [0.05, 0.1) is 23.6 Å². The molecule has 2 aromatic carbocycles. The van der Waals surface area contributed by atoms with Crippen LogP contribution in [0.25, 0.3) is 10.9 Å². The molecule has 2 aliphatic heterocycles. The molecule has 2 aliphatic rings. The van der Waals surface area contributed by atoms with E-state index in [2.05, 4.69) is 46.6 Å². The van der Waals surface area contributed by atoms with Crippen molar-refractivity contribution in [3.05, 3.63) is 60.3 Å². The zero-order valence-corrected chi connectivity index (χ0v) is 19.1. The molecule has 1 aromatic heterocycles. The molecule has 0 bridgehead atoms. The fourth-order valence-corrected chi connectivity index (χ4v) is 5.39. The number of carbonyl (C=O) groups excluding carboxylic acids is 1. The Labute approximate surface area is 193 Å². The molecule has 0 spiro atoms. The van der Waals surface area contributed by atoms with Gasteiger partial charge in [0.2, 0.25) is 5.91 Å². The Kier molecular flexibility index (Phi) is 6.60. The van der Waals surface area contributed by atoms with Crippen molar-refractivity contribution in [3.63, 3.8) is 0 Å². The molecule has 1 fully saturated rings. The maximum Gasteiger partial charge on any atom is 0.234 e. The number of benzene rings is 2.